The number of benzene rings is 4. The van der Waals surface area contributed by atoms with E-state index in [1.54, 1.807) is 14.2 Å². The Kier molecular flexibility index (Phi) is 7.01. The lowest BCUT2D eigenvalue weighted by atomic mass is 9.77. The van der Waals surface area contributed by atoms with Crippen LogP contribution in [0.5, 0.6) is 11.5 Å². The second-order valence-electron chi connectivity index (χ2n) is 9.54. The molecule has 0 radical (unpaired) electrons. The molecule has 7 heteroatoms. The van der Waals surface area contributed by atoms with Crippen LogP contribution in [0.3, 0.4) is 0 Å². The van der Waals surface area contributed by atoms with Crippen LogP contribution in [0.15, 0.2) is 116 Å². The lowest BCUT2D eigenvalue weighted by Gasteiger charge is -2.37. The molecule has 0 bridgehead atoms. The summed E-state index contributed by atoms with van der Waals surface area (Å²) in [6.45, 7) is 0.463. The molecule has 6 aromatic rings. The first-order valence-corrected chi connectivity index (χ1v) is 13.6. The first kappa shape index (κ1) is 25.7. The Bertz CT molecular complexity index is 1630. The maximum atomic E-state index is 6.29. The first-order valence-electron chi connectivity index (χ1n) is 13.1. The Hall–Kier alpha value is -4.55. The standard InChI is InChI=1S/C33H29ClN4O2/c1-39-31-18-28-29(20-34)36-38(30(28)19-32(31)40-2)22-27-21-37(23-35-27)33(24-12-6-3-7-13-24,25-14-8-4-9-15-25)26-16-10-5-11-17-26/h3-19,21,23H,20,22H2,1-2H3. The molecule has 2 heterocycles. The number of aromatic nitrogens is 4. The van der Waals surface area contributed by atoms with Crippen molar-refractivity contribution in [2.24, 2.45) is 0 Å². The summed E-state index contributed by atoms with van der Waals surface area (Å²) in [7, 11) is 3.25. The summed E-state index contributed by atoms with van der Waals surface area (Å²) in [5, 5.41) is 5.75. The van der Waals surface area contributed by atoms with Gasteiger partial charge in [0, 0.05) is 17.6 Å². The van der Waals surface area contributed by atoms with Crippen molar-refractivity contribution in [3.63, 3.8) is 0 Å². The number of nitrogens with zero attached hydrogens (tertiary/aromatic N) is 4. The summed E-state index contributed by atoms with van der Waals surface area (Å²) in [6, 6.07) is 35.5. The minimum atomic E-state index is -0.626. The molecule has 40 heavy (non-hydrogen) atoms. The van der Waals surface area contributed by atoms with E-state index < -0.39 is 5.54 Å². The summed E-state index contributed by atoms with van der Waals surface area (Å²) in [5.41, 5.74) is 5.35. The number of methoxy groups -OCH3 is 2. The third-order valence-corrected chi connectivity index (χ3v) is 7.62. The molecule has 0 aliphatic rings. The molecular weight excluding hydrogens is 520 g/mol. The van der Waals surface area contributed by atoms with Crippen LogP contribution in [0.1, 0.15) is 28.1 Å². The van der Waals surface area contributed by atoms with Crippen LogP contribution in [0.25, 0.3) is 10.9 Å². The molecule has 0 saturated carbocycles. The van der Waals surface area contributed by atoms with E-state index in [-0.39, 0.29) is 5.88 Å². The van der Waals surface area contributed by atoms with Crippen molar-refractivity contribution in [3.8, 4) is 11.5 Å². The van der Waals surface area contributed by atoms with Crippen LogP contribution in [-0.2, 0) is 18.0 Å². The first-order chi connectivity index (χ1) is 19.7. The molecule has 0 unspecified atom stereocenters. The Balaban J connectivity index is 1.51. The van der Waals surface area contributed by atoms with Crippen molar-refractivity contribution in [3.05, 3.63) is 144 Å². The Morgan fingerprint density at radius 2 is 1.27 bits per heavy atom. The van der Waals surface area contributed by atoms with E-state index in [0.717, 1.165) is 39.0 Å². The molecular formula is C33H29ClN4O2. The second kappa shape index (κ2) is 10.9. The van der Waals surface area contributed by atoms with E-state index in [2.05, 4.69) is 83.6 Å². The fraction of sp³-hybridized carbons (Fsp3) is 0.152. The van der Waals surface area contributed by atoms with E-state index in [0.29, 0.717) is 18.0 Å². The van der Waals surface area contributed by atoms with Crippen LogP contribution in [0.2, 0.25) is 0 Å². The van der Waals surface area contributed by atoms with Gasteiger partial charge in [-0.1, -0.05) is 91.0 Å². The number of rotatable bonds is 9. The zero-order valence-corrected chi connectivity index (χ0v) is 23.1. The number of halogens is 1. The number of ether oxygens (including phenoxy) is 2. The van der Waals surface area contributed by atoms with Crippen molar-refractivity contribution >= 4 is 22.5 Å². The van der Waals surface area contributed by atoms with Gasteiger partial charge >= 0.3 is 0 Å². The largest absolute Gasteiger partial charge is 0.493 e. The van der Waals surface area contributed by atoms with Gasteiger partial charge in [0.05, 0.1) is 49.9 Å². The third kappa shape index (κ3) is 4.31. The summed E-state index contributed by atoms with van der Waals surface area (Å²) in [6.07, 6.45) is 4.03. The molecule has 0 fully saturated rings. The molecule has 0 atom stereocenters. The predicted molar refractivity (Wildman–Crippen MR) is 158 cm³/mol. The topological polar surface area (TPSA) is 54.1 Å². The molecule has 0 amide bonds. The highest BCUT2D eigenvalue weighted by molar-refractivity contribution is 6.17. The van der Waals surface area contributed by atoms with Crippen molar-refractivity contribution in [1.82, 2.24) is 19.3 Å². The van der Waals surface area contributed by atoms with Crippen LogP contribution < -0.4 is 9.47 Å². The van der Waals surface area contributed by atoms with Crippen molar-refractivity contribution in [2.75, 3.05) is 14.2 Å². The molecule has 6 rings (SSSR count). The summed E-state index contributed by atoms with van der Waals surface area (Å²) in [4.78, 5) is 4.89. The maximum absolute atomic E-state index is 6.29. The van der Waals surface area contributed by atoms with Crippen LogP contribution >= 0.6 is 11.6 Å². The Morgan fingerprint density at radius 3 is 1.77 bits per heavy atom. The van der Waals surface area contributed by atoms with E-state index in [4.69, 9.17) is 31.2 Å². The van der Waals surface area contributed by atoms with E-state index in [9.17, 15) is 0 Å². The molecule has 0 spiro atoms. The number of hydrogen-bond acceptors (Lipinski definition) is 4. The highest BCUT2D eigenvalue weighted by Gasteiger charge is 2.38. The normalized spacial score (nSPS) is 11.6. The molecule has 200 valence electrons. The highest BCUT2D eigenvalue weighted by Crippen LogP contribution is 2.41. The van der Waals surface area contributed by atoms with Gasteiger partial charge in [0.1, 0.15) is 5.54 Å². The van der Waals surface area contributed by atoms with Crippen molar-refractivity contribution in [1.29, 1.82) is 0 Å². The maximum Gasteiger partial charge on any atom is 0.162 e. The number of hydrogen-bond donors (Lipinski definition) is 0. The van der Waals surface area contributed by atoms with Crippen molar-refractivity contribution in [2.45, 2.75) is 18.0 Å². The van der Waals surface area contributed by atoms with Gasteiger partial charge in [-0.2, -0.15) is 5.10 Å². The van der Waals surface area contributed by atoms with Gasteiger partial charge in [-0.15, -0.1) is 11.6 Å². The van der Waals surface area contributed by atoms with Gasteiger partial charge in [-0.05, 0) is 22.8 Å². The fourth-order valence-electron chi connectivity index (χ4n) is 5.55. The van der Waals surface area contributed by atoms with Gasteiger partial charge in [0.2, 0.25) is 0 Å². The Labute approximate surface area is 238 Å². The zero-order valence-electron chi connectivity index (χ0n) is 22.4. The third-order valence-electron chi connectivity index (χ3n) is 7.37. The number of imidazole rings is 1. The minimum Gasteiger partial charge on any atom is -0.493 e. The summed E-state index contributed by atoms with van der Waals surface area (Å²) < 4.78 is 15.2. The van der Waals surface area contributed by atoms with Crippen LogP contribution in [0.4, 0.5) is 0 Å². The average Bonchev–Trinajstić information content (AvgIpc) is 3.63. The molecule has 0 N–H and O–H groups in total. The lowest BCUT2D eigenvalue weighted by Crippen LogP contribution is -2.36. The van der Waals surface area contributed by atoms with Gasteiger partial charge in [-0.3, -0.25) is 4.68 Å². The zero-order chi connectivity index (χ0) is 27.5. The predicted octanol–water partition coefficient (Wildman–Crippen LogP) is 6.88. The number of alkyl halides is 1. The average molecular weight is 549 g/mol. The van der Waals surface area contributed by atoms with Gasteiger partial charge in [0.25, 0.3) is 0 Å². The summed E-state index contributed by atoms with van der Waals surface area (Å²) >= 11 is 6.29. The highest BCUT2D eigenvalue weighted by atomic mass is 35.5. The lowest BCUT2D eigenvalue weighted by molar-refractivity contribution is 0.355. The Morgan fingerprint density at radius 1 is 0.750 bits per heavy atom. The van der Waals surface area contributed by atoms with Crippen molar-refractivity contribution < 1.29 is 9.47 Å². The molecule has 0 aliphatic heterocycles. The van der Waals surface area contributed by atoms with Gasteiger partial charge in [-0.25, -0.2) is 4.98 Å². The van der Waals surface area contributed by atoms with E-state index in [1.807, 2.05) is 41.3 Å². The fourth-order valence-corrected chi connectivity index (χ4v) is 5.75. The van der Waals surface area contributed by atoms with Gasteiger partial charge in [0.15, 0.2) is 11.5 Å². The van der Waals surface area contributed by atoms with E-state index in [1.165, 1.54) is 0 Å². The van der Waals surface area contributed by atoms with Crippen LogP contribution in [0, 0.1) is 0 Å². The van der Waals surface area contributed by atoms with Crippen LogP contribution in [-0.4, -0.2) is 33.6 Å². The molecule has 0 aliphatic carbocycles. The molecule has 4 aromatic carbocycles. The van der Waals surface area contributed by atoms with Gasteiger partial charge < -0.3 is 14.0 Å². The monoisotopic (exact) mass is 548 g/mol. The quantitative estimate of drug-likeness (QED) is 0.146. The number of fused-ring (bicyclic) bond motifs is 1. The molecule has 0 saturated heterocycles. The summed E-state index contributed by atoms with van der Waals surface area (Å²) in [5.74, 6) is 1.56. The second-order valence-corrected chi connectivity index (χ2v) is 9.81. The SMILES string of the molecule is COc1cc2c(CCl)nn(Cc3cn(C(c4ccccc4)(c4ccccc4)c4ccccc4)cn3)c2cc1OC. The smallest absolute Gasteiger partial charge is 0.162 e. The molecule has 6 nitrogen and oxygen atoms in total. The van der Waals surface area contributed by atoms with E-state index >= 15 is 0 Å². The molecule has 2 aromatic heterocycles. The minimum absolute atomic E-state index is 0.284.